The Morgan fingerprint density at radius 2 is 2.37 bits per heavy atom. The van der Waals surface area contributed by atoms with Crippen LogP contribution in [-0.2, 0) is 6.54 Å². The second-order valence-electron chi connectivity index (χ2n) is 5.23. The molecule has 0 amide bonds. The van der Waals surface area contributed by atoms with Crippen molar-refractivity contribution in [2.75, 3.05) is 13.1 Å². The van der Waals surface area contributed by atoms with Crippen molar-refractivity contribution in [2.45, 2.75) is 32.5 Å². The summed E-state index contributed by atoms with van der Waals surface area (Å²) >= 11 is 1.50. The first kappa shape index (κ1) is 12.8. The molecule has 1 saturated heterocycles. The van der Waals surface area contributed by atoms with Crippen molar-refractivity contribution < 1.29 is 0 Å². The minimum absolute atomic E-state index is 0.0112. The number of fused-ring (bicyclic) bond motifs is 1. The summed E-state index contributed by atoms with van der Waals surface area (Å²) in [5, 5.41) is 5.35. The van der Waals surface area contributed by atoms with Gasteiger partial charge in [0.2, 0.25) is 0 Å². The molecule has 2 atom stereocenters. The van der Waals surface area contributed by atoms with Gasteiger partial charge in [0.1, 0.15) is 0 Å². The molecule has 1 aliphatic rings. The summed E-state index contributed by atoms with van der Waals surface area (Å²) in [6.07, 6.45) is 1.77. The first-order chi connectivity index (χ1) is 9.13. The lowest BCUT2D eigenvalue weighted by atomic mass is 10.1. The molecule has 3 heterocycles. The molecule has 5 nitrogen and oxygen atoms in total. The van der Waals surface area contributed by atoms with Crippen LogP contribution >= 0.6 is 11.3 Å². The number of piperazine rings is 1. The number of aromatic nitrogens is 2. The maximum absolute atomic E-state index is 11.9. The quantitative estimate of drug-likeness (QED) is 0.888. The zero-order valence-corrected chi connectivity index (χ0v) is 12.0. The third-order valence-corrected chi connectivity index (χ3v) is 4.37. The van der Waals surface area contributed by atoms with E-state index in [1.165, 1.54) is 11.3 Å². The van der Waals surface area contributed by atoms with E-state index in [1.807, 2.05) is 5.38 Å². The maximum atomic E-state index is 11.9. The summed E-state index contributed by atoms with van der Waals surface area (Å²) in [5.74, 6) is 0. The van der Waals surface area contributed by atoms with Crippen molar-refractivity contribution in [3.8, 4) is 0 Å². The van der Waals surface area contributed by atoms with Gasteiger partial charge in [-0.3, -0.25) is 14.1 Å². The van der Waals surface area contributed by atoms with Crippen LogP contribution in [0.2, 0.25) is 0 Å². The molecule has 2 aromatic rings. The van der Waals surface area contributed by atoms with Crippen LogP contribution < -0.4 is 10.9 Å². The molecule has 102 valence electrons. The molecule has 2 unspecified atom stereocenters. The first-order valence-corrected chi connectivity index (χ1v) is 7.44. The van der Waals surface area contributed by atoms with E-state index in [1.54, 1.807) is 16.7 Å². The molecule has 2 aromatic heterocycles. The molecule has 1 N–H and O–H groups in total. The van der Waals surface area contributed by atoms with E-state index in [9.17, 15) is 4.79 Å². The molecule has 0 saturated carbocycles. The highest BCUT2D eigenvalue weighted by atomic mass is 32.1. The zero-order valence-electron chi connectivity index (χ0n) is 11.2. The number of nitrogens with zero attached hydrogens (tertiary/aromatic N) is 3. The van der Waals surface area contributed by atoms with Crippen LogP contribution in [0.25, 0.3) is 4.96 Å². The van der Waals surface area contributed by atoms with Gasteiger partial charge in [-0.1, -0.05) is 0 Å². The fourth-order valence-electron chi connectivity index (χ4n) is 2.49. The molecule has 0 bridgehead atoms. The van der Waals surface area contributed by atoms with E-state index in [-0.39, 0.29) is 5.56 Å². The summed E-state index contributed by atoms with van der Waals surface area (Å²) in [6, 6.07) is 2.61. The van der Waals surface area contributed by atoms with Gasteiger partial charge >= 0.3 is 0 Å². The van der Waals surface area contributed by atoms with Gasteiger partial charge in [-0.05, 0) is 13.8 Å². The van der Waals surface area contributed by atoms with E-state index < -0.39 is 0 Å². The van der Waals surface area contributed by atoms with Gasteiger partial charge < -0.3 is 5.32 Å². The van der Waals surface area contributed by atoms with Gasteiger partial charge in [0.25, 0.3) is 5.56 Å². The van der Waals surface area contributed by atoms with E-state index in [2.05, 4.69) is 29.0 Å². The summed E-state index contributed by atoms with van der Waals surface area (Å²) in [6.45, 7) is 7.12. The number of thiazole rings is 1. The SMILES string of the molecule is CC1CN(Cc2cc(=O)n3ccsc3n2)C(C)CN1. The van der Waals surface area contributed by atoms with E-state index in [4.69, 9.17) is 0 Å². The largest absolute Gasteiger partial charge is 0.311 e. The Kier molecular flexibility index (Phi) is 3.38. The number of nitrogens with one attached hydrogen (secondary N) is 1. The monoisotopic (exact) mass is 278 g/mol. The van der Waals surface area contributed by atoms with Crippen LogP contribution in [-0.4, -0.2) is 39.5 Å². The molecule has 19 heavy (non-hydrogen) atoms. The molecule has 3 rings (SSSR count). The predicted molar refractivity (Wildman–Crippen MR) is 76.7 cm³/mol. The molecule has 0 radical (unpaired) electrons. The standard InChI is InChI=1S/C13H18N4OS/c1-9-7-16(10(2)6-14-9)8-11-5-12(18)17-3-4-19-13(17)15-11/h3-5,9-10,14H,6-8H2,1-2H3. The lowest BCUT2D eigenvalue weighted by molar-refractivity contribution is 0.137. The number of rotatable bonds is 2. The third-order valence-electron chi connectivity index (χ3n) is 3.61. The summed E-state index contributed by atoms with van der Waals surface area (Å²) in [5.41, 5.74) is 0.880. The highest BCUT2D eigenvalue weighted by Crippen LogP contribution is 2.12. The normalized spacial score (nSPS) is 24.9. The summed E-state index contributed by atoms with van der Waals surface area (Å²) < 4.78 is 1.60. The maximum Gasteiger partial charge on any atom is 0.258 e. The molecule has 6 heteroatoms. The lowest BCUT2D eigenvalue weighted by Gasteiger charge is -2.37. The fourth-order valence-corrected chi connectivity index (χ4v) is 3.23. The van der Waals surface area contributed by atoms with E-state index >= 15 is 0 Å². The molecule has 0 aliphatic carbocycles. The Morgan fingerprint density at radius 3 is 3.21 bits per heavy atom. The third kappa shape index (κ3) is 2.56. The fraction of sp³-hybridized carbons (Fsp3) is 0.538. The summed E-state index contributed by atoms with van der Waals surface area (Å²) in [7, 11) is 0. The van der Waals surface area contributed by atoms with Gasteiger partial charge in [0.15, 0.2) is 4.96 Å². The predicted octanol–water partition coefficient (Wildman–Crippen LogP) is 0.938. The number of hydrogen-bond donors (Lipinski definition) is 1. The van der Waals surface area contributed by atoms with Crippen molar-refractivity contribution in [1.29, 1.82) is 0 Å². The van der Waals surface area contributed by atoms with Crippen LogP contribution in [0.1, 0.15) is 19.5 Å². The molecule has 0 spiro atoms. The molecular formula is C13H18N4OS. The van der Waals surface area contributed by atoms with E-state index in [0.717, 1.165) is 30.3 Å². The van der Waals surface area contributed by atoms with Gasteiger partial charge in [-0.15, -0.1) is 11.3 Å². The van der Waals surface area contributed by atoms with Gasteiger partial charge in [0.05, 0.1) is 5.69 Å². The topological polar surface area (TPSA) is 49.6 Å². The van der Waals surface area contributed by atoms with Crippen LogP contribution in [0.15, 0.2) is 22.4 Å². The Morgan fingerprint density at radius 1 is 1.53 bits per heavy atom. The van der Waals surface area contributed by atoms with Crippen molar-refractivity contribution >= 4 is 16.3 Å². The number of hydrogen-bond acceptors (Lipinski definition) is 5. The van der Waals surface area contributed by atoms with E-state index in [0.29, 0.717) is 12.1 Å². The van der Waals surface area contributed by atoms with Gasteiger partial charge in [-0.25, -0.2) is 4.98 Å². The Labute approximate surface area is 115 Å². The average Bonchev–Trinajstić information content (AvgIpc) is 2.82. The minimum Gasteiger partial charge on any atom is -0.311 e. The first-order valence-electron chi connectivity index (χ1n) is 6.56. The Balaban J connectivity index is 1.86. The van der Waals surface area contributed by atoms with Crippen molar-refractivity contribution in [3.05, 3.63) is 33.7 Å². The van der Waals surface area contributed by atoms with Crippen LogP contribution in [0.3, 0.4) is 0 Å². The average molecular weight is 278 g/mol. The second-order valence-corrected chi connectivity index (χ2v) is 6.10. The van der Waals surface area contributed by atoms with Crippen molar-refractivity contribution in [3.63, 3.8) is 0 Å². The Hall–Kier alpha value is -1.24. The molecular weight excluding hydrogens is 260 g/mol. The van der Waals surface area contributed by atoms with Gasteiger partial charge in [-0.2, -0.15) is 0 Å². The van der Waals surface area contributed by atoms with Crippen LogP contribution in [0.4, 0.5) is 0 Å². The minimum atomic E-state index is 0.0112. The second kappa shape index (κ2) is 5.03. The molecule has 1 aliphatic heterocycles. The summed E-state index contributed by atoms with van der Waals surface area (Å²) in [4.78, 5) is 19.7. The Bertz CT molecular complexity index is 635. The highest BCUT2D eigenvalue weighted by Gasteiger charge is 2.22. The highest BCUT2D eigenvalue weighted by molar-refractivity contribution is 7.15. The molecule has 1 fully saturated rings. The van der Waals surface area contributed by atoms with Crippen LogP contribution in [0.5, 0.6) is 0 Å². The van der Waals surface area contributed by atoms with Crippen LogP contribution in [0, 0.1) is 0 Å². The van der Waals surface area contributed by atoms with Crippen molar-refractivity contribution in [2.24, 2.45) is 0 Å². The zero-order chi connectivity index (χ0) is 13.4. The smallest absolute Gasteiger partial charge is 0.258 e. The van der Waals surface area contributed by atoms with Crippen molar-refractivity contribution in [1.82, 2.24) is 19.6 Å². The lowest BCUT2D eigenvalue weighted by Crippen LogP contribution is -2.53. The molecule has 0 aromatic carbocycles. The van der Waals surface area contributed by atoms with Gasteiger partial charge in [0, 0.05) is 49.4 Å².